The molecule has 2 N–H and O–H groups in total. The number of Topliss-reactive ketones (excluding diaryl/α,β-unsaturated/α-hetero) is 1. The van der Waals surface area contributed by atoms with Crippen LogP contribution in [0, 0.1) is 11.3 Å². The molecule has 0 fully saturated rings. The van der Waals surface area contributed by atoms with Gasteiger partial charge in [0.05, 0.1) is 11.0 Å². The number of nitrogens with one attached hydrogen (secondary N) is 2. The third-order valence-corrected chi connectivity index (χ3v) is 3.33. The first-order chi connectivity index (χ1) is 9.24. The molecule has 20 heavy (non-hydrogen) atoms. The fourth-order valence-corrected chi connectivity index (χ4v) is 2.76. The molecule has 2 aromatic rings. The number of imidazole rings is 1. The van der Waals surface area contributed by atoms with Gasteiger partial charge < -0.3 is 9.97 Å². The van der Waals surface area contributed by atoms with Gasteiger partial charge in [0.15, 0.2) is 5.78 Å². The molecule has 108 valence electrons. The van der Waals surface area contributed by atoms with Crippen molar-refractivity contribution in [2.24, 2.45) is 11.3 Å². The van der Waals surface area contributed by atoms with E-state index >= 15 is 0 Å². The molecule has 0 radical (unpaired) electrons. The Labute approximate surface area is 118 Å². The molecule has 1 aromatic heterocycles. The van der Waals surface area contributed by atoms with E-state index in [1.54, 1.807) is 18.2 Å². The first kappa shape index (κ1) is 14.6. The number of hydrogen-bond acceptors (Lipinski definition) is 2. The van der Waals surface area contributed by atoms with Gasteiger partial charge in [0.1, 0.15) is 0 Å². The van der Waals surface area contributed by atoms with Crippen molar-refractivity contribution in [2.75, 3.05) is 0 Å². The summed E-state index contributed by atoms with van der Waals surface area (Å²) >= 11 is 0. The third-order valence-electron chi connectivity index (χ3n) is 3.33. The molecule has 0 saturated heterocycles. The molecule has 4 nitrogen and oxygen atoms in total. The van der Waals surface area contributed by atoms with Crippen LogP contribution in [0.15, 0.2) is 23.0 Å². The van der Waals surface area contributed by atoms with E-state index in [1.807, 2.05) is 0 Å². The molecule has 1 aromatic carbocycles. The molecular weight excluding hydrogens is 252 g/mol. The van der Waals surface area contributed by atoms with Gasteiger partial charge in [-0.25, -0.2) is 4.79 Å². The van der Waals surface area contributed by atoms with Gasteiger partial charge in [0.2, 0.25) is 0 Å². The average Bonchev–Trinajstić information content (AvgIpc) is 2.64. The molecule has 0 spiro atoms. The van der Waals surface area contributed by atoms with Crippen LogP contribution in [0.1, 0.15) is 50.9 Å². The van der Waals surface area contributed by atoms with Gasteiger partial charge in [-0.15, -0.1) is 0 Å². The molecule has 0 aliphatic heterocycles. The number of H-pyrrole nitrogens is 2. The first-order valence-corrected chi connectivity index (χ1v) is 7.00. The predicted molar refractivity (Wildman–Crippen MR) is 81.1 cm³/mol. The third kappa shape index (κ3) is 3.59. The van der Waals surface area contributed by atoms with Gasteiger partial charge in [-0.2, -0.15) is 0 Å². The number of aromatic amines is 2. The van der Waals surface area contributed by atoms with E-state index in [0.29, 0.717) is 23.4 Å². The largest absolute Gasteiger partial charge is 0.323 e. The normalized spacial score (nSPS) is 13.6. The van der Waals surface area contributed by atoms with Crippen LogP contribution in [0.5, 0.6) is 0 Å². The van der Waals surface area contributed by atoms with Crippen LogP contribution in [0.2, 0.25) is 0 Å². The Morgan fingerprint density at radius 3 is 2.50 bits per heavy atom. The zero-order valence-corrected chi connectivity index (χ0v) is 12.5. The highest BCUT2D eigenvalue weighted by atomic mass is 16.1. The Kier molecular flexibility index (Phi) is 3.84. The quantitative estimate of drug-likeness (QED) is 0.838. The van der Waals surface area contributed by atoms with Crippen LogP contribution in [0.25, 0.3) is 11.0 Å². The minimum absolute atomic E-state index is 0.130. The number of ketones is 1. The Hall–Kier alpha value is -1.84. The lowest BCUT2D eigenvalue weighted by molar-refractivity contribution is 0.0954. The van der Waals surface area contributed by atoms with Crippen molar-refractivity contribution in [3.05, 3.63) is 34.2 Å². The van der Waals surface area contributed by atoms with Crippen molar-refractivity contribution >= 4 is 16.8 Å². The smallest absolute Gasteiger partial charge is 0.306 e. The Morgan fingerprint density at radius 2 is 1.85 bits per heavy atom. The van der Waals surface area contributed by atoms with Gasteiger partial charge in [0.25, 0.3) is 0 Å². The Morgan fingerprint density at radius 1 is 1.20 bits per heavy atom. The molecule has 1 atom stereocenters. The fraction of sp³-hybridized carbons (Fsp3) is 0.500. The average molecular weight is 274 g/mol. The molecular formula is C16H22N2O2. The van der Waals surface area contributed by atoms with Crippen LogP contribution in [0.4, 0.5) is 0 Å². The lowest BCUT2D eigenvalue weighted by Gasteiger charge is -2.22. The highest BCUT2D eigenvalue weighted by Crippen LogP contribution is 2.27. The van der Waals surface area contributed by atoms with Crippen molar-refractivity contribution in [1.82, 2.24) is 9.97 Å². The Balaban J connectivity index is 2.13. The maximum absolute atomic E-state index is 12.3. The SMILES string of the molecule is CC(CC(=O)c1ccc2[nH]c(=O)[nH]c2c1)CC(C)(C)C. The summed E-state index contributed by atoms with van der Waals surface area (Å²) in [6.45, 7) is 8.67. The molecule has 0 saturated carbocycles. The molecule has 4 heteroatoms. The summed E-state index contributed by atoms with van der Waals surface area (Å²) in [5.74, 6) is 0.481. The van der Waals surface area contributed by atoms with Gasteiger partial charge in [-0.05, 0) is 36.0 Å². The van der Waals surface area contributed by atoms with Crippen molar-refractivity contribution < 1.29 is 4.79 Å². The highest BCUT2D eigenvalue weighted by molar-refractivity contribution is 5.98. The summed E-state index contributed by atoms with van der Waals surface area (Å²) in [6.07, 6.45) is 1.55. The van der Waals surface area contributed by atoms with Crippen LogP contribution < -0.4 is 5.69 Å². The van der Waals surface area contributed by atoms with E-state index in [0.717, 1.165) is 11.9 Å². The topological polar surface area (TPSA) is 65.7 Å². The van der Waals surface area contributed by atoms with Gasteiger partial charge >= 0.3 is 5.69 Å². The van der Waals surface area contributed by atoms with Gasteiger partial charge in [-0.1, -0.05) is 27.7 Å². The zero-order valence-electron chi connectivity index (χ0n) is 12.5. The highest BCUT2D eigenvalue weighted by Gasteiger charge is 2.18. The van der Waals surface area contributed by atoms with Gasteiger partial charge in [0, 0.05) is 12.0 Å². The number of aromatic nitrogens is 2. The van der Waals surface area contributed by atoms with E-state index in [1.165, 1.54) is 0 Å². The molecule has 2 rings (SSSR count). The number of hydrogen-bond donors (Lipinski definition) is 2. The van der Waals surface area contributed by atoms with Crippen molar-refractivity contribution in [2.45, 2.75) is 40.5 Å². The summed E-state index contributed by atoms with van der Waals surface area (Å²) in [7, 11) is 0. The lowest BCUT2D eigenvalue weighted by atomic mass is 9.83. The van der Waals surface area contributed by atoms with Gasteiger partial charge in [-0.3, -0.25) is 4.79 Å². The second-order valence-electron chi connectivity index (χ2n) is 6.84. The van der Waals surface area contributed by atoms with E-state index in [9.17, 15) is 9.59 Å². The van der Waals surface area contributed by atoms with Crippen LogP contribution in [0.3, 0.4) is 0 Å². The maximum atomic E-state index is 12.3. The van der Waals surface area contributed by atoms with Crippen molar-refractivity contribution in [1.29, 1.82) is 0 Å². The van der Waals surface area contributed by atoms with E-state index in [2.05, 4.69) is 37.7 Å². The zero-order chi connectivity index (χ0) is 14.9. The van der Waals surface area contributed by atoms with Crippen molar-refractivity contribution in [3.8, 4) is 0 Å². The molecule has 0 bridgehead atoms. The lowest BCUT2D eigenvalue weighted by Crippen LogP contribution is -2.14. The molecule has 0 amide bonds. The van der Waals surface area contributed by atoms with E-state index in [-0.39, 0.29) is 16.9 Å². The van der Waals surface area contributed by atoms with Crippen LogP contribution in [-0.2, 0) is 0 Å². The monoisotopic (exact) mass is 274 g/mol. The second-order valence-corrected chi connectivity index (χ2v) is 6.84. The summed E-state index contributed by atoms with van der Waals surface area (Å²) < 4.78 is 0. The number of carbonyl (C=O) groups is 1. The Bertz CT molecular complexity index is 674. The second kappa shape index (κ2) is 5.27. The number of rotatable bonds is 4. The summed E-state index contributed by atoms with van der Waals surface area (Å²) in [5, 5.41) is 0. The minimum Gasteiger partial charge on any atom is -0.306 e. The molecule has 0 aliphatic carbocycles. The number of benzene rings is 1. The van der Waals surface area contributed by atoms with E-state index < -0.39 is 0 Å². The molecule has 1 unspecified atom stereocenters. The first-order valence-electron chi connectivity index (χ1n) is 7.00. The molecule has 1 heterocycles. The fourth-order valence-electron chi connectivity index (χ4n) is 2.76. The summed E-state index contributed by atoms with van der Waals surface area (Å²) in [5.41, 5.74) is 2.06. The van der Waals surface area contributed by atoms with Crippen LogP contribution in [-0.4, -0.2) is 15.8 Å². The van der Waals surface area contributed by atoms with Crippen LogP contribution >= 0.6 is 0 Å². The summed E-state index contributed by atoms with van der Waals surface area (Å²) in [6, 6.07) is 5.30. The maximum Gasteiger partial charge on any atom is 0.323 e. The number of carbonyl (C=O) groups excluding carboxylic acids is 1. The number of fused-ring (bicyclic) bond motifs is 1. The summed E-state index contributed by atoms with van der Waals surface area (Å²) in [4.78, 5) is 28.9. The minimum atomic E-state index is -0.245. The van der Waals surface area contributed by atoms with E-state index in [4.69, 9.17) is 0 Å². The predicted octanol–water partition coefficient (Wildman–Crippen LogP) is 3.50. The van der Waals surface area contributed by atoms with Crippen molar-refractivity contribution in [3.63, 3.8) is 0 Å². The molecule has 0 aliphatic rings. The standard InChI is InChI=1S/C16H22N2O2/c1-10(9-16(2,3)4)7-14(19)11-5-6-12-13(8-11)18-15(20)17-12/h5-6,8,10H,7,9H2,1-4H3,(H2,17,18,20).